The Morgan fingerprint density at radius 2 is 2.44 bits per heavy atom. The van der Waals surface area contributed by atoms with Gasteiger partial charge >= 0.3 is 5.97 Å². The molecule has 98 valence electrons. The summed E-state index contributed by atoms with van der Waals surface area (Å²) < 4.78 is 10.2. The fraction of sp³-hybridized carbons (Fsp3) is 0.538. The zero-order chi connectivity index (χ0) is 13.0. The molecule has 1 N–H and O–H groups in total. The maximum Gasteiger partial charge on any atom is 0.339 e. The third-order valence-corrected chi connectivity index (χ3v) is 3.03. The second-order valence-electron chi connectivity index (χ2n) is 4.34. The van der Waals surface area contributed by atoms with Crippen molar-refractivity contribution in [3.63, 3.8) is 0 Å². The first-order valence-corrected chi connectivity index (χ1v) is 6.12. The highest BCUT2D eigenvalue weighted by Gasteiger charge is 2.15. The van der Waals surface area contributed by atoms with Crippen LogP contribution in [0.4, 0.5) is 5.82 Å². The largest absolute Gasteiger partial charge is 0.465 e. The summed E-state index contributed by atoms with van der Waals surface area (Å²) in [6, 6.07) is 3.51. The molecule has 1 atom stereocenters. The molecule has 1 aromatic rings. The predicted octanol–water partition coefficient (Wildman–Crippen LogP) is 1.77. The quantitative estimate of drug-likeness (QED) is 0.825. The zero-order valence-electron chi connectivity index (χ0n) is 10.7. The molecule has 0 aliphatic carbocycles. The van der Waals surface area contributed by atoms with Gasteiger partial charge in [0.25, 0.3) is 0 Å². The van der Waals surface area contributed by atoms with Gasteiger partial charge in [-0.1, -0.05) is 0 Å². The maximum atomic E-state index is 11.4. The predicted molar refractivity (Wildman–Crippen MR) is 67.8 cm³/mol. The number of hydrogen-bond donors (Lipinski definition) is 1. The summed E-state index contributed by atoms with van der Waals surface area (Å²) in [5.41, 5.74) is 1.17. The summed E-state index contributed by atoms with van der Waals surface area (Å²) in [7, 11) is 1.37. The lowest BCUT2D eigenvalue weighted by Crippen LogP contribution is -2.19. The Bertz CT molecular complexity index is 428. The monoisotopic (exact) mass is 250 g/mol. The van der Waals surface area contributed by atoms with Gasteiger partial charge in [0.15, 0.2) is 0 Å². The first kappa shape index (κ1) is 12.8. The van der Waals surface area contributed by atoms with Crippen LogP contribution in [0, 0.1) is 6.92 Å². The molecule has 0 spiro atoms. The van der Waals surface area contributed by atoms with Crippen LogP contribution in [-0.4, -0.2) is 37.3 Å². The summed E-state index contributed by atoms with van der Waals surface area (Å²) in [4.78, 5) is 15.7. The molecule has 2 heterocycles. The topological polar surface area (TPSA) is 60.5 Å². The number of carbonyl (C=O) groups excluding carboxylic acids is 1. The highest BCUT2D eigenvalue weighted by Crippen LogP contribution is 2.15. The van der Waals surface area contributed by atoms with Crippen LogP contribution in [0.25, 0.3) is 0 Å². The van der Waals surface area contributed by atoms with Crippen molar-refractivity contribution >= 4 is 11.8 Å². The first-order valence-electron chi connectivity index (χ1n) is 6.12. The van der Waals surface area contributed by atoms with Gasteiger partial charge in [-0.25, -0.2) is 9.78 Å². The standard InChI is InChI=1S/C13H18N2O3/c1-9-11(13(16)17-2)5-6-12(15-9)14-8-10-4-3-7-18-10/h5-6,10H,3-4,7-8H2,1-2H3,(H,14,15). The number of methoxy groups -OCH3 is 1. The molecule has 2 rings (SSSR count). The van der Waals surface area contributed by atoms with Crippen molar-refractivity contribution in [2.45, 2.75) is 25.9 Å². The van der Waals surface area contributed by atoms with Crippen molar-refractivity contribution in [1.82, 2.24) is 4.98 Å². The van der Waals surface area contributed by atoms with Crippen LogP contribution in [0.5, 0.6) is 0 Å². The second kappa shape index (κ2) is 5.82. The number of nitrogens with one attached hydrogen (secondary N) is 1. The van der Waals surface area contributed by atoms with E-state index in [1.165, 1.54) is 7.11 Å². The number of esters is 1. The maximum absolute atomic E-state index is 11.4. The molecule has 18 heavy (non-hydrogen) atoms. The van der Waals surface area contributed by atoms with Crippen molar-refractivity contribution in [3.8, 4) is 0 Å². The SMILES string of the molecule is COC(=O)c1ccc(NCC2CCCO2)nc1C. The molecular weight excluding hydrogens is 232 g/mol. The van der Waals surface area contributed by atoms with E-state index in [4.69, 9.17) is 4.74 Å². The zero-order valence-corrected chi connectivity index (χ0v) is 10.7. The number of rotatable bonds is 4. The van der Waals surface area contributed by atoms with Crippen LogP contribution in [0.1, 0.15) is 28.9 Å². The van der Waals surface area contributed by atoms with Crippen molar-refractivity contribution in [1.29, 1.82) is 0 Å². The molecule has 1 aliphatic rings. The first-order chi connectivity index (χ1) is 8.70. The van der Waals surface area contributed by atoms with Gasteiger partial charge in [0.05, 0.1) is 24.5 Å². The molecule has 1 aliphatic heterocycles. The van der Waals surface area contributed by atoms with E-state index >= 15 is 0 Å². The van der Waals surface area contributed by atoms with E-state index < -0.39 is 0 Å². The van der Waals surface area contributed by atoms with Crippen molar-refractivity contribution in [2.75, 3.05) is 25.6 Å². The van der Waals surface area contributed by atoms with Crippen LogP contribution in [0.15, 0.2) is 12.1 Å². The average molecular weight is 250 g/mol. The van der Waals surface area contributed by atoms with E-state index in [1.807, 2.05) is 0 Å². The van der Waals surface area contributed by atoms with Crippen molar-refractivity contribution in [2.24, 2.45) is 0 Å². The summed E-state index contributed by atoms with van der Waals surface area (Å²) in [5.74, 6) is 0.404. The van der Waals surface area contributed by atoms with Crippen LogP contribution < -0.4 is 5.32 Å². The lowest BCUT2D eigenvalue weighted by Gasteiger charge is -2.12. The molecule has 1 fully saturated rings. The van der Waals surface area contributed by atoms with Crippen LogP contribution in [0.3, 0.4) is 0 Å². The molecule has 1 aromatic heterocycles. The van der Waals surface area contributed by atoms with Gasteiger partial charge in [0, 0.05) is 13.2 Å². The minimum Gasteiger partial charge on any atom is -0.465 e. The number of anilines is 1. The van der Waals surface area contributed by atoms with Gasteiger partial charge in [-0.2, -0.15) is 0 Å². The molecule has 1 unspecified atom stereocenters. The number of aryl methyl sites for hydroxylation is 1. The van der Waals surface area contributed by atoms with E-state index in [0.29, 0.717) is 11.3 Å². The van der Waals surface area contributed by atoms with Crippen LogP contribution in [-0.2, 0) is 9.47 Å². The summed E-state index contributed by atoms with van der Waals surface area (Å²) in [6.45, 7) is 3.40. The molecule has 0 radical (unpaired) electrons. The number of ether oxygens (including phenoxy) is 2. The number of hydrogen-bond acceptors (Lipinski definition) is 5. The van der Waals surface area contributed by atoms with Gasteiger partial charge in [0.2, 0.25) is 0 Å². The average Bonchev–Trinajstić information content (AvgIpc) is 2.88. The smallest absolute Gasteiger partial charge is 0.339 e. The summed E-state index contributed by atoms with van der Waals surface area (Å²) in [6.07, 6.45) is 2.49. The Kier molecular flexibility index (Phi) is 4.15. The lowest BCUT2D eigenvalue weighted by atomic mass is 10.2. The third kappa shape index (κ3) is 2.98. The van der Waals surface area contributed by atoms with Crippen LogP contribution >= 0.6 is 0 Å². The van der Waals surface area contributed by atoms with E-state index in [1.54, 1.807) is 19.1 Å². The number of pyridine rings is 1. The van der Waals surface area contributed by atoms with Gasteiger partial charge in [0.1, 0.15) is 5.82 Å². The summed E-state index contributed by atoms with van der Waals surface area (Å²) in [5, 5.41) is 3.22. The fourth-order valence-electron chi connectivity index (χ4n) is 2.01. The highest BCUT2D eigenvalue weighted by molar-refractivity contribution is 5.90. The lowest BCUT2D eigenvalue weighted by molar-refractivity contribution is 0.0599. The van der Waals surface area contributed by atoms with Crippen LogP contribution in [0.2, 0.25) is 0 Å². The van der Waals surface area contributed by atoms with Crippen molar-refractivity contribution in [3.05, 3.63) is 23.4 Å². The summed E-state index contributed by atoms with van der Waals surface area (Å²) >= 11 is 0. The van der Waals surface area contributed by atoms with E-state index in [-0.39, 0.29) is 12.1 Å². The van der Waals surface area contributed by atoms with Crippen molar-refractivity contribution < 1.29 is 14.3 Å². The van der Waals surface area contributed by atoms with Gasteiger partial charge in [-0.3, -0.25) is 0 Å². The molecule has 0 aromatic carbocycles. The van der Waals surface area contributed by atoms with Gasteiger partial charge in [-0.05, 0) is 31.9 Å². The number of aromatic nitrogens is 1. The molecule has 5 heteroatoms. The number of carbonyl (C=O) groups is 1. The van der Waals surface area contributed by atoms with Gasteiger partial charge in [-0.15, -0.1) is 0 Å². The van der Waals surface area contributed by atoms with E-state index in [2.05, 4.69) is 15.0 Å². The third-order valence-electron chi connectivity index (χ3n) is 3.03. The van der Waals surface area contributed by atoms with E-state index in [9.17, 15) is 4.79 Å². The normalized spacial score (nSPS) is 18.7. The molecule has 0 amide bonds. The highest BCUT2D eigenvalue weighted by atomic mass is 16.5. The van der Waals surface area contributed by atoms with Gasteiger partial charge < -0.3 is 14.8 Å². The minimum atomic E-state index is -0.356. The Morgan fingerprint density at radius 1 is 1.61 bits per heavy atom. The second-order valence-corrected chi connectivity index (χ2v) is 4.34. The number of nitrogens with zero attached hydrogens (tertiary/aromatic N) is 1. The molecule has 5 nitrogen and oxygen atoms in total. The van der Waals surface area contributed by atoms with E-state index in [0.717, 1.165) is 31.8 Å². The fourth-order valence-corrected chi connectivity index (χ4v) is 2.01. The Labute approximate surface area is 107 Å². The molecule has 0 saturated carbocycles. The Morgan fingerprint density at radius 3 is 3.06 bits per heavy atom. The molecule has 0 bridgehead atoms. The molecule has 1 saturated heterocycles. The minimum absolute atomic E-state index is 0.271. The Balaban J connectivity index is 1.97. The Hall–Kier alpha value is -1.62. The molecular formula is C13H18N2O3.